The summed E-state index contributed by atoms with van der Waals surface area (Å²) < 4.78 is 0. The molecule has 0 aromatic rings. The van der Waals surface area contributed by atoms with Crippen LogP contribution in [0.25, 0.3) is 0 Å². The van der Waals surface area contributed by atoms with Crippen LogP contribution < -0.4 is 5.90 Å². The first kappa shape index (κ1) is 13.2. The van der Waals surface area contributed by atoms with Gasteiger partial charge in [0.05, 0.1) is 6.61 Å². The van der Waals surface area contributed by atoms with Crippen molar-refractivity contribution in [3.05, 3.63) is 0 Å². The quantitative estimate of drug-likeness (QED) is 0.246. The Balaban J connectivity index is 4.41. The van der Waals surface area contributed by atoms with E-state index in [1.54, 1.807) is 0 Å². The van der Waals surface area contributed by atoms with E-state index in [1.165, 1.54) is 0 Å². The molecule has 0 aliphatic carbocycles. The summed E-state index contributed by atoms with van der Waals surface area (Å²) in [5, 5.41) is 43.9. The zero-order valence-corrected chi connectivity index (χ0v) is 7.15. The topological polar surface area (TPSA) is 153 Å². The Kier molecular flexibility index (Phi) is 5.53. The molecule has 14 heavy (non-hydrogen) atoms. The summed E-state index contributed by atoms with van der Waals surface area (Å²) in [6, 6.07) is 0. The molecule has 0 aromatic carbocycles. The Morgan fingerprint density at radius 3 is 2.07 bits per heavy atom. The highest BCUT2D eigenvalue weighted by atomic mass is 16.6. The SMILES string of the molecule is NO[C@@H](C(=O)O)[C@@H](O)[C@H](O)[C@H](O)CO. The van der Waals surface area contributed by atoms with E-state index in [0.717, 1.165) is 0 Å². The minimum absolute atomic E-state index is 0.824. The van der Waals surface area contributed by atoms with Crippen LogP contribution >= 0.6 is 0 Å². The van der Waals surface area contributed by atoms with Crippen molar-refractivity contribution in [3.8, 4) is 0 Å². The lowest BCUT2D eigenvalue weighted by Gasteiger charge is -2.24. The van der Waals surface area contributed by atoms with Crippen LogP contribution in [0.2, 0.25) is 0 Å². The Morgan fingerprint density at radius 2 is 1.79 bits per heavy atom. The molecule has 0 aromatic heterocycles. The maximum Gasteiger partial charge on any atom is 0.337 e. The van der Waals surface area contributed by atoms with Crippen molar-refractivity contribution >= 4 is 5.97 Å². The largest absolute Gasteiger partial charge is 0.479 e. The molecular weight excluding hydrogens is 198 g/mol. The van der Waals surface area contributed by atoms with Gasteiger partial charge in [-0.15, -0.1) is 0 Å². The molecule has 0 unspecified atom stereocenters. The van der Waals surface area contributed by atoms with Gasteiger partial charge in [-0.1, -0.05) is 0 Å². The van der Waals surface area contributed by atoms with Gasteiger partial charge in [-0.2, -0.15) is 0 Å². The van der Waals surface area contributed by atoms with Gasteiger partial charge in [-0.05, 0) is 0 Å². The molecule has 0 aliphatic heterocycles. The fourth-order valence-corrected chi connectivity index (χ4v) is 0.799. The second-order valence-electron chi connectivity index (χ2n) is 2.63. The molecule has 0 bridgehead atoms. The molecule has 0 heterocycles. The maximum atomic E-state index is 10.4. The Hall–Kier alpha value is -0.770. The lowest BCUT2D eigenvalue weighted by Crippen LogP contribution is -2.50. The average Bonchev–Trinajstić information content (AvgIpc) is 2.15. The molecule has 84 valence electrons. The molecule has 4 atom stereocenters. The maximum absolute atomic E-state index is 10.4. The van der Waals surface area contributed by atoms with E-state index in [4.69, 9.17) is 25.5 Å². The molecule has 8 nitrogen and oxygen atoms in total. The number of hydrogen-bond acceptors (Lipinski definition) is 7. The fourth-order valence-electron chi connectivity index (χ4n) is 0.799. The number of carboxylic acids is 1. The lowest BCUT2D eigenvalue weighted by molar-refractivity contribution is -0.172. The van der Waals surface area contributed by atoms with Gasteiger partial charge in [-0.3, -0.25) is 4.84 Å². The van der Waals surface area contributed by atoms with E-state index in [1.807, 2.05) is 0 Å². The Morgan fingerprint density at radius 1 is 1.29 bits per heavy atom. The number of nitrogens with two attached hydrogens (primary N) is 1. The van der Waals surface area contributed by atoms with E-state index in [9.17, 15) is 4.79 Å². The number of aliphatic hydroxyl groups is 4. The Bertz CT molecular complexity index is 187. The number of aliphatic carboxylic acids is 1. The number of carbonyl (C=O) groups is 1. The molecule has 0 aliphatic rings. The molecule has 0 fully saturated rings. The van der Waals surface area contributed by atoms with E-state index in [-0.39, 0.29) is 0 Å². The van der Waals surface area contributed by atoms with Crippen LogP contribution in [0.4, 0.5) is 0 Å². The summed E-state index contributed by atoms with van der Waals surface area (Å²) in [6.45, 7) is -0.824. The third-order valence-corrected chi connectivity index (χ3v) is 1.63. The summed E-state index contributed by atoms with van der Waals surface area (Å²) >= 11 is 0. The van der Waals surface area contributed by atoms with Crippen LogP contribution in [0.1, 0.15) is 0 Å². The van der Waals surface area contributed by atoms with Crippen molar-refractivity contribution in [1.29, 1.82) is 0 Å². The number of carboxylic acid groups (broad SMARTS) is 1. The highest BCUT2D eigenvalue weighted by molar-refractivity contribution is 5.73. The first-order chi connectivity index (χ1) is 6.45. The summed E-state index contributed by atoms with van der Waals surface area (Å²) in [5.74, 6) is 2.96. The van der Waals surface area contributed by atoms with Crippen molar-refractivity contribution in [2.45, 2.75) is 24.4 Å². The van der Waals surface area contributed by atoms with Gasteiger partial charge >= 0.3 is 5.97 Å². The standard InChI is InChI=1S/C6H13NO7/c7-14-5(6(12)13)4(11)3(10)2(9)1-8/h2-5,8-11H,1,7H2,(H,12,13)/t2-,3-,4+,5-/m1/s1. The van der Waals surface area contributed by atoms with E-state index < -0.39 is 37.0 Å². The summed E-state index contributed by atoms with van der Waals surface area (Å²) in [6.07, 6.45) is -7.32. The van der Waals surface area contributed by atoms with Gasteiger partial charge in [0.25, 0.3) is 0 Å². The van der Waals surface area contributed by atoms with Crippen LogP contribution in [0.15, 0.2) is 0 Å². The summed E-state index contributed by atoms with van der Waals surface area (Å²) in [5.41, 5.74) is 0. The molecule has 7 N–H and O–H groups in total. The molecule has 0 radical (unpaired) electrons. The van der Waals surface area contributed by atoms with Gasteiger partial charge in [-0.25, -0.2) is 10.7 Å². The second-order valence-corrected chi connectivity index (χ2v) is 2.63. The van der Waals surface area contributed by atoms with Crippen molar-refractivity contribution in [3.63, 3.8) is 0 Å². The lowest BCUT2D eigenvalue weighted by atomic mass is 10.0. The smallest absolute Gasteiger partial charge is 0.337 e. The highest BCUT2D eigenvalue weighted by Crippen LogP contribution is 2.07. The zero-order chi connectivity index (χ0) is 11.3. The summed E-state index contributed by atoms with van der Waals surface area (Å²) in [7, 11) is 0. The fraction of sp³-hybridized carbons (Fsp3) is 0.833. The average molecular weight is 211 g/mol. The van der Waals surface area contributed by atoms with Gasteiger partial charge in [0.1, 0.15) is 18.3 Å². The van der Waals surface area contributed by atoms with E-state index >= 15 is 0 Å². The zero-order valence-electron chi connectivity index (χ0n) is 7.15. The number of hydrogen-bond donors (Lipinski definition) is 6. The van der Waals surface area contributed by atoms with E-state index in [2.05, 4.69) is 10.7 Å². The predicted molar refractivity (Wildman–Crippen MR) is 41.8 cm³/mol. The van der Waals surface area contributed by atoms with Crippen LogP contribution in [0.3, 0.4) is 0 Å². The van der Waals surface area contributed by atoms with Crippen LogP contribution in [-0.4, -0.2) is 62.5 Å². The van der Waals surface area contributed by atoms with Crippen molar-refractivity contribution < 1.29 is 35.2 Å². The molecule has 0 saturated heterocycles. The molecular formula is C6H13NO7. The first-order valence-electron chi connectivity index (χ1n) is 3.69. The van der Waals surface area contributed by atoms with Crippen molar-refractivity contribution in [2.75, 3.05) is 6.61 Å². The minimum atomic E-state index is -1.93. The third-order valence-electron chi connectivity index (χ3n) is 1.63. The van der Waals surface area contributed by atoms with Gasteiger partial charge in [0.15, 0.2) is 0 Å². The van der Waals surface area contributed by atoms with Crippen LogP contribution in [0, 0.1) is 0 Å². The van der Waals surface area contributed by atoms with Crippen molar-refractivity contribution in [1.82, 2.24) is 0 Å². The van der Waals surface area contributed by atoms with Gasteiger partial charge in [0, 0.05) is 0 Å². The third kappa shape index (κ3) is 3.18. The molecule has 0 saturated carbocycles. The highest BCUT2D eigenvalue weighted by Gasteiger charge is 2.36. The first-order valence-corrected chi connectivity index (χ1v) is 3.69. The van der Waals surface area contributed by atoms with Crippen LogP contribution in [0.5, 0.6) is 0 Å². The monoisotopic (exact) mass is 211 g/mol. The second kappa shape index (κ2) is 5.86. The molecule has 0 rings (SSSR count). The predicted octanol–water partition coefficient (Wildman–Crippen LogP) is -3.60. The number of rotatable bonds is 6. The number of aliphatic hydroxyl groups excluding tert-OH is 4. The Labute approximate surface area is 79.1 Å². The van der Waals surface area contributed by atoms with Crippen LogP contribution in [-0.2, 0) is 9.63 Å². The summed E-state index contributed by atoms with van der Waals surface area (Å²) in [4.78, 5) is 14.3. The molecule has 0 spiro atoms. The van der Waals surface area contributed by atoms with Crippen molar-refractivity contribution in [2.24, 2.45) is 5.90 Å². The molecule has 8 heteroatoms. The van der Waals surface area contributed by atoms with E-state index in [0.29, 0.717) is 0 Å². The normalized spacial score (nSPS) is 19.8. The van der Waals surface area contributed by atoms with Gasteiger partial charge in [0.2, 0.25) is 6.10 Å². The van der Waals surface area contributed by atoms with Gasteiger partial charge < -0.3 is 25.5 Å². The minimum Gasteiger partial charge on any atom is -0.479 e. The molecule has 0 amide bonds.